The van der Waals surface area contributed by atoms with Gasteiger partial charge in [-0.2, -0.15) is 5.10 Å². The van der Waals surface area contributed by atoms with Gasteiger partial charge in [0.05, 0.1) is 11.7 Å². The van der Waals surface area contributed by atoms with E-state index in [1.54, 1.807) is 0 Å². The van der Waals surface area contributed by atoms with E-state index in [0.717, 1.165) is 23.5 Å². The molecule has 1 unspecified atom stereocenters. The number of hydrogen-bond donors (Lipinski definition) is 1. The highest BCUT2D eigenvalue weighted by molar-refractivity contribution is 5.33. The van der Waals surface area contributed by atoms with Crippen LogP contribution in [0.25, 0.3) is 0 Å². The summed E-state index contributed by atoms with van der Waals surface area (Å²) in [5.74, 6) is 2.75. The van der Waals surface area contributed by atoms with Gasteiger partial charge in [0.25, 0.3) is 0 Å². The number of rotatable bonds is 3. The van der Waals surface area contributed by atoms with Crippen molar-refractivity contribution >= 4 is 0 Å². The lowest BCUT2D eigenvalue weighted by atomic mass is 10.1. The molecular formula is C11H17N3. The van der Waals surface area contributed by atoms with Gasteiger partial charge >= 0.3 is 0 Å². The van der Waals surface area contributed by atoms with E-state index in [4.69, 9.17) is 6.42 Å². The Morgan fingerprint density at radius 2 is 2.21 bits per heavy atom. The van der Waals surface area contributed by atoms with E-state index in [0.29, 0.717) is 0 Å². The molecule has 0 aromatic carbocycles. The molecule has 3 heteroatoms. The van der Waals surface area contributed by atoms with Crippen LogP contribution >= 0.6 is 0 Å². The summed E-state index contributed by atoms with van der Waals surface area (Å²) in [6.07, 6.45) is 5.49. The highest BCUT2D eigenvalue weighted by Gasteiger charge is 2.16. The van der Waals surface area contributed by atoms with Gasteiger partial charge in [-0.15, -0.1) is 6.42 Å². The molecule has 0 amide bonds. The number of nitrogens with one attached hydrogen (secondary N) is 1. The summed E-state index contributed by atoms with van der Waals surface area (Å²) in [5, 5.41) is 7.60. The zero-order valence-electron chi connectivity index (χ0n) is 9.26. The summed E-state index contributed by atoms with van der Waals surface area (Å²) < 4.78 is 1.87. The van der Waals surface area contributed by atoms with Crippen molar-refractivity contribution in [2.24, 2.45) is 7.05 Å². The number of aryl methyl sites for hydroxylation is 2. The standard InChI is InChI=1S/C11H17N3/c1-6-10(12-7-2)11-8(3)13-14(5)9(11)4/h1,10,12H,7H2,2-5H3. The predicted molar refractivity (Wildman–Crippen MR) is 57.9 cm³/mol. The molecule has 76 valence electrons. The Kier molecular flexibility index (Phi) is 3.32. The largest absolute Gasteiger partial charge is 0.300 e. The highest BCUT2D eigenvalue weighted by atomic mass is 15.3. The molecule has 1 N–H and O–H groups in total. The van der Waals surface area contributed by atoms with E-state index in [9.17, 15) is 0 Å². The smallest absolute Gasteiger partial charge is 0.0978 e. The van der Waals surface area contributed by atoms with E-state index in [1.807, 2.05) is 32.5 Å². The molecule has 0 aliphatic heterocycles. The molecule has 3 nitrogen and oxygen atoms in total. The van der Waals surface area contributed by atoms with Crippen molar-refractivity contribution in [1.82, 2.24) is 15.1 Å². The van der Waals surface area contributed by atoms with Gasteiger partial charge < -0.3 is 5.32 Å². The van der Waals surface area contributed by atoms with Crippen LogP contribution in [0.4, 0.5) is 0 Å². The summed E-state index contributed by atoms with van der Waals surface area (Å²) in [7, 11) is 1.94. The summed E-state index contributed by atoms with van der Waals surface area (Å²) >= 11 is 0. The van der Waals surface area contributed by atoms with Crippen molar-refractivity contribution in [2.45, 2.75) is 26.8 Å². The number of aromatic nitrogens is 2. The van der Waals surface area contributed by atoms with Crippen LogP contribution in [-0.2, 0) is 7.05 Å². The fourth-order valence-electron chi connectivity index (χ4n) is 1.66. The third kappa shape index (κ3) is 1.80. The topological polar surface area (TPSA) is 29.9 Å². The predicted octanol–water partition coefficient (Wildman–Crippen LogP) is 1.32. The van der Waals surface area contributed by atoms with E-state index in [-0.39, 0.29) is 6.04 Å². The zero-order chi connectivity index (χ0) is 10.7. The zero-order valence-corrected chi connectivity index (χ0v) is 9.26. The minimum Gasteiger partial charge on any atom is -0.300 e. The van der Waals surface area contributed by atoms with Gasteiger partial charge in [0.1, 0.15) is 0 Å². The highest BCUT2D eigenvalue weighted by Crippen LogP contribution is 2.20. The normalized spacial score (nSPS) is 12.5. The minimum atomic E-state index is -0.0197. The average molecular weight is 191 g/mol. The Hall–Kier alpha value is -1.27. The quantitative estimate of drug-likeness (QED) is 0.730. The molecule has 1 rings (SSSR count). The van der Waals surface area contributed by atoms with Crippen molar-refractivity contribution in [3.05, 3.63) is 17.0 Å². The van der Waals surface area contributed by atoms with Crippen molar-refractivity contribution in [2.75, 3.05) is 6.54 Å². The van der Waals surface area contributed by atoms with Crippen LogP contribution in [0.15, 0.2) is 0 Å². The molecule has 0 aliphatic rings. The Labute approximate surface area is 85.5 Å². The van der Waals surface area contributed by atoms with E-state index >= 15 is 0 Å². The second kappa shape index (κ2) is 4.30. The van der Waals surface area contributed by atoms with E-state index in [1.165, 1.54) is 0 Å². The molecule has 0 saturated heterocycles. The average Bonchev–Trinajstić information content (AvgIpc) is 2.39. The minimum absolute atomic E-state index is 0.0197. The van der Waals surface area contributed by atoms with Crippen LogP contribution in [0.5, 0.6) is 0 Å². The molecule has 0 radical (unpaired) electrons. The summed E-state index contributed by atoms with van der Waals surface area (Å²) in [4.78, 5) is 0. The van der Waals surface area contributed by atoms with E-state index in [2.05, 4.69) is 16.3 Å². The molecule has 1 heterocycles. The molecule has 0 aliphatic carbocycles. The summed E-state index contributed by atoms with van der Waals surface area (Å²) in [6, 6.07) is -0.0197. The lowest BCUT2D eigenvalue weighted by molar-refractivity contribution is 0.656. The second-order valence-electron chi connectivity index (χ2n) is 3.37. The van der Waals surface area contributed by atoms with Crippen molar-refractivity contribution < 1.29 is 0 Å². The van der Waals surface area contributed by atoms with Crippen LogP contribution in [0.1, 0.15) is 29.9 Å². The molecule has 0 saturated carbocycles. The van der Waals surface area contributed by atoms with Gasteiger partial charge in [-0.1, -0.05) is 12.8 Å². The van der Waals surface area contributed by atoms with Crippen molar-refractivity contribution in [1.29, 1.82) is 0 Å². The van der Waals surface area contributed by atoms with Crippen LogP contribution in [0.2, 0.25) is 0 Å². The molecule has 14 heavy (non-hydrogen) atoms. The second-order valence-corrected chi connectivity index (χ2v) is 3.37. The molecule has 1 aromatic rings. The number of hydrogen-bond acceptors (Lipinski definition) is 2. The van der Waals surface area contributed by atoms with Gasteiger partial charge in [-0.3, -0.25) is 4.68 Å². The summed E-state index contributed by atoms with van der Waals surface area (Å²) in [6.45, 7) is 6.94. The number of nitrogens with zero attached hydrogens (tertiary/aromatic N) is 2. The SMILES string of the molecule is C#CC(NCC)c1c(C)nn(C)c1C. The summed E-state index contributed by atoms with van der Waals surface area (Å²) in [5.41, 5.74) is 3.28. The fourth-order valence-corrected chi connectivity index (χ4v) is 1.66. The molecule has 0 bridgehead atoms. The Morgan fingerprint density at radius 3 is 2.57 bits per heavy atom. The van der Waals surface area contributed by atoms with Gasteiger partial charge in [0, 0.05) is 18.3 Å². The van der Waals surface area contributed by atoms with Crippen LogP contribution < -0.4 is 5.32 Å². The van der Waals surface area contributed by atoms with Crippen molar-refractivity contribution in [3.8, 4) is 12.3 Å². The maximum atomic E-state index is 5.49. The van der Waals surface area contributed by atoms with Crippen LogP contribution in [0.3, 0.4) is 0 Å². The molecule has 0 fully saturated rings. The van der Waals surface area contributed by atoms with Gasteiger partial charge in [0.15, 0.2) is 0 Å². The van der Waals surface area contributed by atoms with Gasteiger partial charge in [-0.25, -0.2) is 0 Å². The monoisotopic (exact) mass is 191 g/mol. The van der Waals surface area contributed by atoms with Crippen LogP contribution in [-0.4, -0.2) is 16.3 Å². The first-order valence-electron chi connectivity index (χ1n) is 4.81. The first-order valence-corrected chi connectivity index (χ1v) is 4.81. The van der Waals surface area contributed by atoms with E-state index < -0.39 is 0 Å². The van der Waals surface area contributed by atoms with Crippen LogP contribution in [0, 0.1) is 26.2 Å². The molecule has 1 aromatic heterocycles. The fraction of sp³-hybridized carbons (Fsp3) is 0.545. The maximum absolute atomic E-state index is 5.49. The Bertz CT molecular complexity index is 357. The lowest BCUT2D eigenvalue weighted by Crippen LogP contribution is -2.20. The molecular weight excluding hydrogens is 174 g/mol. The van der Waals surface area contributed by atoms with Gasteiger partial charge in [0.2, 0.25) is 0 Å². The first-order chi connectivity index (χ1) is 6.61. The van der Waals surface area contributed by atoms with Gasteiger partial charge in [-0.05, 0) is 20.4 Å². The Balaban J connectivity index is 3.10. The molecule has 0 spiro atoms. The Morgan fingerprint density at radius 1 is 1.57 bits per heavy atom. The van der Waals surface area contributed by atoms with Crippen molar-refractivity contribution in [3.63, 3.8) is 0 Å². The maximum Gasteiger partial charge on any atom is 0.0978 e. The third-order valence-corrected chi connectivity index (χ3v) is 2.43. The number of terminal acetylenes is 1. The first kappa shape index (κ1) is 10.8. The lowest BCUT2D eigenvalue weighted by Gasteiger charge is -2.11. The molecule has 1 atom stereocenters. The third-order valence-electron chi connectivity index (χ3n) is 2.43.